The van der Waals surface area contributed by atoms with Crippen LogP contribution in [-0.4, -0.2) is 99.8 Å². The van der Waals surface area contributed by atoms with E-state index in [4.69, 9.17) is 18.9 Å². The van der Waals surface area contributed by atoms with Crippen molar-refractivity contribution in [1.82, 2.24) is 20.9 Å². The molecule has 2 aromatic carbocycles. The fraction of sp³-hybridized carbons (Fsp3) is 0.485. The first-order valence-corrected chi connectivity index (χ1v) is 15.8. The molecule has 14 nitrogen and oxygen atoms in total. The van der Waals surface area contributed by atoms with Gasteiger partial charge in [-0.3, -0.25) is 29.3 Å². The first-order valence-electron chi connectivity index (χ1n) is 15.8. The number of hydrogen-bond acceptors (Lipinski definition) is 10. The summed E-state index contributed by atoms with van der Waals surface area (Å²) in [5, 5.41) is 10.9. The highest BCUT2D eigenvalue weighted by atomic mass is 16.5. The summed E-state index contributed by atoms with van der Waals surface area (Å²) in [6.07, 6.45) is 1.47. The molecule has 0 aromatic heterocycles. The molecule has 0 bridgehead atoms. The quantitative estimate of drug-likeness (QED) is 0.120. The molecule has 14 heteroatoms. The second-order valence-electron chi connectivity index (χ2n) is 11.0. The van der Waals surface area contributed by atoms with Crippen LogP contribution in [0.3, 0.4) is 0 Å². The lowest BCUT2D eigenvalue weighted by molar-refractivity contribution is -0.137. The average Bonchev–Trinajstić information content (AvgIpc) is 3.39. The Hall–Kier alpha value is -4.53. The lowest BCUT2D eigenvalue weighted by Crippen LogP contribution is -2.52. The summed E-state index contributed by atoms with van der Waals surface area (Å²) >= 11 is 0. The molecular formula is C33H43N5O9. The molecule has 0 aliphatic carbocycles. The molecule has 0 radical (unpaired) electrons. The molecule has 254 valence electrons. The Morgan fingerprint density at radius 1 is 0.915 bits per heavy atom. The van der Waals surface area contributed by atoms with Gasteiger partial charge in [0.25, 0.3) is 11.8 Å². The molecule has 2 aromatic rings. The highest BCUT2D eigenvalue weighted by Crippen LogP contribution is 2.29. The number of piperidine rings is 1. The van der Waals surface area contributed by atoms with E-state index < -0.39 is 11.9 Å². The molecule has 2 aliphatic rings. The Balaban J connectivity index is 1.10. The van der Waals surface area contributed by atoms with Crippen LogP contribution < -0.4 is 26.0 Å². The number of nitrogens with one attached hydrogen (secondary N) is 4. The van der Waals surface area contributed by atoms with E-state index in [-0.39, 0.29) is 56.3 Å². The predicted molar refractivity (Wildman–Crippen MR) is 171 cm³/mol. The van der Waals surface area contributed by atoms with Crippen LogP contribution in [0.4, 0.5) is 5.69 Å². The van der Waals surface area contributed by atoms with Crippen LogP contribution in [0.2, 0.25) is 0 Å². The maximum Gasteiger partial charge on any atom is 0.258 e. The van der Waals surface area contributed by atoms with Gasteiger partial charge in [0.2, 0.25) is 17.7 Å². The number of amides is 5. The Kier molecular flexibility index (Phi) is 14.0. The van der Waals surface area contributed by atoms with E-state index in [2.05, 4.69) is 28.2 Å². The summed E-state index contributed by atoms with van der Waals surface area (Å²) in [6.45, 7) is 5.84. The molecule has 4 rings (SSSR count). The average molecular weight is 654 g/mol. The maximum atomic E-state index is 13.0. The summed E-state index contributed by atoms with van der Waals surface area (Å²) in [4.78, 5) is 62.9. The highest BCUT2D eigenvalue weighted by Gasteiger charge is 2.39. The lowest BCUT2D eigenvalue weighted by Gasteiger charge is -2.29. The molecular weight excluding hydrogens is 610 g/mol. The van der Waals surface area contributed by atoms with Crippen molar-refractivity contribution >= 4 is 35.2 Å². The van der Waals surface area contributed by atoms with E-state index in [1.165, 1.54) is 4.90 Å². The molecule has 47 heavy (non-hydrogen) atoms. The molecule has 1 fully saturated rings. The minimum absolute atomic E-state index is 0.0229. The minimum atomic E-state index is -0.682. The zero-order valence-corrected chi connectivity index (χ0v) is 26.6. The van der Waals surface area contributed by atoms with Crippen molar-refractivity contribution < 1.29 is 42.9 Å². The van der Waals surface area contributed by atoms with Crippen LogP contribution in [0.15, 0.2) is 42.5 Å². The number of carbonyl (C=O) groups is 5. The van der Waals surface area contributed by atoms with Crippen molar-refractivity contribution in [3.63, 3.8) is 0 Å². The molecule has 1 unspecified atom stereocenters. The van der Waals surface area contributed by atoms with E-state index in [1.807, 2.05) is 6.07 Å². The van der Waals surface area contributed by atoms with Crippen LogP contribution in [-0.2, 0) is 46.5 Å². The number of carbonyl (C=O) groups excluding carboxylic acids is 5. The molecule has 0 saturated carbocycles. The first-order chi connectivity index (χ1) is 22.8. The summed E-state index contributed by atoms with van der Waals surface area (Å²) in [7, 11) is 0. The number of fused-ring (bicyclic) bond motifs is 1. The van der Waals surface area contributed by atoms with Crippen molar-refractivity contribution in [3.05, 3.63) is 59.2 Å². The number of imide groups is 1. The maximum absolute atomic E-state index is 13.0. The Morgan fingerprint density at radius 3 is 2.45 bits per heavy atom. The van der Waals surface area contributed by atoms with E-state index in [9.17, 15) is 24.0 Å². The molecule has 1 saturated heterocycles. The number of anilines is 1. The predicted octanol–water partition coefficient (Wildman–Crippen LogP) is 1.13. The van der Waals surface area contributed by atoms with Gasteiger partial charge in [-0.25, -0.2) is 0 Å². The van der Waals surface area contributed by atoms with Crippen molar-refractivity contribution in [1.29, 1.82) is 0 Å². The first kappa shape index (κ1) is 35.3. The Labute approximate surface area is 273 Å². The van der Waals surface area contributed by atoms with E-state index in [1.54, 1.807) is 36.4 Å². The Bertz CT molecular complexity index is 1400. The van der Waals surface area contributed by atoms with Crippen molar-refractivity contribution in [2.45, 2.75) is 45.3 Å². The van der Waals surface area contributed by atoms with Crippen molar-refractivity contribution in [3.8, 4) is 5.75 Å². The summed E-state index contributed by atoms with van der Waals surface area (Å²) in [6, 6.07) is 11.6. The topological polar surface area (TPSA) is 174 Å². The van der Waals surface area contributed by atoms with Gasteiger partial charge in [0.1, 0.15) is 11.8 Å². The number of hydrogen-bond donors (Lipinski definition) is 4. The van der Waals surface area contributed by atoms with Crippen molar-refractivity contribution in [2.24, 2.45) is 0 Å². The zero-order valence-electron chi connectivity index (χ0n) is 26.6. The second kappa shape index (κ2) is 18.6. The molecule has 2 heterocycles. The number of benzene rings is 2. The fourth-order valence-electron chi connectivity index (χ4n) is 5.00. The molecule has 5 amide bonds. The smallest absolute Gasteiger partial charge is 0.258 e. The van der Waals surface area contributed by atoms with Crippen LogP contribution in [0, 0.1) is 0 Å². The second-order valence-corrected chi connectivity index (χ2v) is 11.0. The number of nitrogens with zero attached hydrogens (tertiary/aromatic N) is 1. The third kappa shape index (κ3) is 11.3. The van der Waals surface area contributed by atoms with Gasteiger partial charge >= 0.3 is 0 Å². The van der Waals surface area contributed by atoms with Gasteiger partial charge in [-0.2, -0.15) is 0 Å². The van der Waals surface area contributed by atoms with Gasteiger partial charge in [-0.1, -0.05) is 25.1 Å². The largest absolute Gasteiger partial charge is 0.484 e. The van der Waals surface area contributed by atoms with Gasteiger partial charge in [0.15, 0.2) is 6.61 Å². The highest BCUT2D eigenvalue weighted by molar-refractivity contribution is 6.05. The van der Waals surface area contributed by atoms with Gasteiger partial charge in [0.05, 0.1) is 39.6 Å². The zero-order chi connectivity index (χ0) is 33.4. The van der Waals surface area contributed by atoms with Gasteiger partial charge in [-0.05, 0) is 48.2 Å². The summed E-state index contributed by atoms with van der Waals surface area (Å²) in [5.41, 5.74) is 2.63. The van der Waals surface area contributed by atoms with Crippen LogP contribution in [0.25, 0.3) is 0 Å². The molecule has 1 atom stereocenters. The van der Waals surface area contributed by atoms with E-state index in [0.29, 0.717) is 63.0 Å². The van der Waals surface area contributed by atoms with Gasteiger partial charge < -0.3 is 39.8 Å². The molecule has 0 spiro atoms. The van der Waals surface area contributed by atoms with Crippen LogP contribution >= 0.6 is 0 Å². The van der Waals surface area contributed by atoms with Crippen molar-refractivity contribution in [2.75, 3.05) is 64.7 Å². The SMILES string of the molecule is CCCOCCOCCOCCNC(=O)COc1cccc(CNC(=O)CNc2ccc3c(c2)C(=O)N(C2CCC(=O)NC2=O)C3)c1. The van der Waals surface area contributed by atoms with Gasteiger partial charge in [-0.15, -0.1) is 0 Å². The number of rotatable bonds is 20. The normalized spacial score (nSPS) is 15.6. The lowest BCUT2D eigenvalue weighted by atomic mass is 10.0. The Morgan fingerprint density at radius 2 is 1.68 bits per heavy atom. The van der Waals surface area contributed by atoms with Crippen LogP contribution in [0.1, 0.15) is 47.7 Å². The fourth-order valence-corrected chi connectivity index (χ4v) is 5.00. The molecule has 2 aliphatic heterocycles. The minimum Gasteiger partial charge on any atom is -0.484 e. The summed E-state index contributed by atoms with van der Waals surface area (Å²) < 4.78 is 21.8. The van der Waals surface area contributed by atoms with Gasteiger partial charge in [0, 0.05) is 43.9 Å². The third-order valence-electron chi connectivity index (χ3n) is 7.40. The standard InChI is InChI=1S/C33H43N5O9/c1-2-11-44-13-15-46-16-14-45-12-10-34-31(41)22-47-26-5-3-4-23(17-26)19-36-30(40)20-35-25-7-6-24-21-38(33(43)27(24)18-25)28-8-9-29(39)37-32(28)42/h3-7,17-18,28,35H,2,8-16,19-22H2,1H3,(H,34,41)(H,36,40)(H,37,39,42). The van der Waals surface area contributed by atoms with E-state index >= 15 is 0 Å². The monoisotopic (exact) mass is 653 g/mol. The van der Waals surface area contributed by atoms with Crippen LogP contribution in [0.5, 0.6) is 5.75 Å². The summed E-state index contributed by atoms with van der Waals surface area (Å²) in [5.74, 6) is -1.12. The number of ether oxygens (including phenoxy) is 4. The third-order valence-corrected chi connectivity index (χ3v) is 7.40. The van der Waals surface area contributed by atoms with E-state index in [0.717, 1.165) is 24.2 Å². The molecule has 4 N–H and O–H groups in total.